The van der Waals surface area contributed by atoms with Crippen LogP contribution in [-0.4, -0.2) is 28.0 Å². The Morgan fingerprint density at radius 2 is 2.05 bits per heavy atom. The number of benzene rings is 1. The van der Waals surface area contributed by atoms with Crippen LogP contribution in [0, 0.1) is 0 Å². The molecule has 1 N–H and O–H groups in total. The van der Waals surface area contributed by atoms with Crippen molar-refractivity contribution in [1.82, 2.24) is 15.0 Å². The summed E-state index contributed by atoms with van der Waals surface area (Å²) in [5, 5.41) is 0.550. The van der Waals surface area contributed by atoms with Crippen molar-refractivity contribution >= 4 is 28.7 Å². The molecule has 2 aromatic heterocycles. The van der Waals surface area contributed by atoms with E-state index in [-0.39, 0.29) is 5.97 Å². The van der Waals surface area contributed by atoms with E-state index < -0.39 is 0 Å². The van der Waals surface area contributed by atoms with E-state index >= 15 is 0 Å². The molecule has 6 heteroatoms. The van der Waals surface area contributed by atoms with Crippen LogP contribution in [0.25, 0.3) is 22.6 Å². The second kappa shape index (κ2) is 4.94. The van der Waals surface area contributed by atoms with E-state index in [1.54, 1.807) is 36.5 Å². The van der Waals surface area contributed by atoms with Gasteiger partial charge in [0, 0.05) is 11.8 Å². The van der Waals surface area contributed by atoms with Crippen LogP contribution in [0.1, 0.15) is 10.4 Å². The second-order valence-corrected chi connectivity index (χ2v) is 4.62. The third kappa shape index (κ3) is 2.23. The number of halogens is 1. The lowest BCUT2D eigenvalue weighted by atomic mass is 10.1. The molecule has 0 aliphatic heterocycles. The van der Waals surface area contributed by atoms with Gasteiger partial charge in [-0.2, -0.15) is 0 Å². The molecule has 0 aliphatic carbocycles. The maximum Gasteiger partial charge on any atom is 0.337 e. The Hall–Kier alpha value is -2.40. The zero-order valence-electron chi connectivity index (χ0n) is 10.6. The van der Waals surface area contributed by atoms with Crippen molar-refractivity contribution in [2.45, 2.75) is 0 Å². The molecule has 0 saturated carbocycles. The van der Waals surface area contributed by atoms with E-state index in [0.29, 0.717) is 22.1 Å². The quantitative estimate of drug-likeness (QED) is 0.736. The summed E-state index contributed by atoms with van der Waals surface area (Å²) in [6, 6.07) is 8.74. The van der Waals surface area contributed by atoms with Gasteiger partial charge in [-0.25, -0.2) is 14.8 Å². The van der Waals surface area contributed by atoms with Gasteiger partial charge >= 0.3 is 5.97 Å². The number of ether oxygens (including phenoxy) is 1. The summed E-state index contributed by atoms with van der Waals surface area (Å²) in [6.45, 7) is 0. The first-order chi connectivity index (χ1) is 9.67. The monoisotopic (exact) mass is 287 g/mol. The molecular formula is C14H10ClN3O2. The third-order valence-corrected chi connectivity index (χ3v) is 3.09. The first kappa shape index (κ1) is 12.6. The van der Waals surface area contributed by atoms with Crippen molar-refractivity contribution in [3.63, 3.8) is 0 Å². The number of nitrogens with zero attached hydrogens (tertiary/aromatic N) is 2. The summed E-state index contributed by atoms with van der Waals surface area (Å²) in [5.74, 6) is 0.306. The van der Waals surface area contributed by atoms with Crippen molar-refractivity contribution < 1.29 is 9.53 Å². The second-order valence-electron chi connectivity index (χ2n) is 4.18. The predicted molar refractivity (Wildman–Crippen MR) is 75.7 cm³/mol. The zero-order valence-corrected chi connectivity index (χ0v) is 11.3. The molecule has 0 radical (unpaired) electrons. The Labute approximate surface area is 119 Å². The van der Waals surface area contributed by atoms with Crippen molar-refractivity contribution in [1.29, 1.82) is 0 Å². The van der Waals surface area contributed by atoms with Crippen molar-refractivity contribution in [2.24, 2.45) is 0 Å². The standard InChI is InChI=1S/C14H10ClN3O2/c1-20-14(19)9-4-2-8(3-5-9)12-17-11-6-10(15)7-16-13(11)18-12/h2-7H,1H3,(H,16,17,18). The van der Waals surface area contributed by atoms with Gasteiger partial charge in [0.2, 0.25) is 0 Å². The van der Waals surface area contributed by atoms with Crippen LogP contribution in [-0.2, 0) is 4.74 Å². The van der Waals surface area contributed by atoms with E-state index in [9.17, 15) is 4.79 Å². The van der Waals surface area contributed by atoms with Gasteiger partial charge in [-0.05, 0) is 18.2 Å². The van der Waals surface area contributed by atoms with Gasteiger partial charge < -0.3 is 9.72 Å². The lowest BCUT2D eigenvalue weighted by Gasteiger charge is -2.00. The summed E-state index contributed by atoms with van der Waals surface area (Å²) in [6.07, 6.45) is 1.55. The number of carbonyl (C=O) groups is 1. The highest BCUT2D eigenvalue weighted by molar-refractivity contribution is 6.31. The average molecular weight is 288 g/mol. The van der Waals surface area contributed by atoms with Crippen LogP contribution < -0.4 is 0 Å². The third-order valence-electron chi connectivity index (χ3n) is 2.88. The Morgan fingerprint density at radius 3 is 2.75 bits per heavy atom. The molecule has 0 bridgehead atoms. The number of aromatic nitrogens is 3. The maximum absolute atomic E-state index is 11.4. The Kier molecular flexibility index (Phi) is 3.12. The number of esters is 1. The van der Waals surface area contributed by atoms with Gasteiger partial charge in [0.1, 0.15) is 5.82 Å². The normalized spacial score (nSPS) is 10.7. The highest BCUT2D eigenvalue weighted by Crippen LogP contribution is 2.21. The fourth-order valence-electron chi connectivity index (χ4n) is 1.89. The van der Waals surface area contributed by atoms with Crippen molar-refractivity contribution in [2.75, 3.05) is 7.11 Å². The van der Waals surface area contributed by atoms with E-state index in [1.165, 1.54) is 7.11 Å². The number of hydrogen-bond donors (Lipinski definition) is 1. The topological polar surface area (TPSA) is 67.9 Å². The number of methoxy groups -OCH3 is 1. The van der Waals surface area contributed by atoms with Crippen LogP contribution in [0.3, 0.4) is 0 Å². The van der Waals surface area contributed by atoms with Crippen LogP contribution in [0.15, 0.2) is 36.5 Å². The number of fused-ring (bicyclic) bond motifs is 1. The van der Waals surface area contributed by atoms with E-state index in [4.69, 9.17) is 11.6 Å². The van der Waals surface area contributed by atoms with Crippen LogP contribution in [0.2, 0.25) is 5.02 Å². The van der Waals surface area contributed by atoms with Crippen LogP contribution >= 0.6 is 11.6 Å². The number of carbonyl (C=O) groups excluding carboxylic acids is 1. The fourth-order valence-corrected chi connectivity index (χ4v) is 2.05. The number of hydrogen-bond acceptors (Lipinski definition) is 4. The summed E-state index contributed by atoms with van der Waals surface area (Å²) in [7, 11) is 1.35. The molecule has 0 amide bonds. The number of pyridine rings is 1. The van der Waals surface area contributed by atoms with Gasteiger partial charge in [-0.15, -0.1) is 0 Å². The summed E-state index contributed by atoms with van der Waals surface area (Å²) >= 11 is 5.88. The largest absolute Gasteiger partial charge is 0.465 e. The highest BCUT2D eigenvalue weighted by atomic mass is 35.5. The van der Waals surface area contributed by atoms with Gasteiger partial charge in [-0.3, -0.25) is 0 Å². The van der Waals surface area contributed by atoms with Crippen molar-refractivity contribution in [3.05, 3.63) is 47.1 Å². The first-order valence-electron chi connectivity index (χ1n) is 5.87. The van der Waals surface area contributed by atoms with E-state index in [2.05, 4.69) is 19.7 Å². The van der Waals surface area contributed by atoms with Crippen LogP contribution in [0.4, 0.5) is 0 Å². The van der Waals surface area contributed by atoms with Gasteiger partial charge in [0.25, 0.3) is 0 Å². The first-order valence-corrected chi connectivity index (χ1v) is 6.25. The summed E-state index contributed by atoms with van der Waals surface area (Å²) < 4.78 is 4.66. The molecule has 0 saturated heterocycles. The van der Waals surface area contributed by atoms with Gasteiger partial charge in [0.05, 0.1) is 23.2 Å². The number of imidazole rings is 1. The molecule has 2 heterocycles. The van der Waals surface area contributed by atoms with E-state index in [0.717, 1.165) is 11.1 Å². The maximum atomic E-state index is 11.4. The predicted octanol–water partition coefficient (Wildman–Crippen LogP) is 3.06. The molecule has 20 heavy (non-hydrogen) atoms. The summed E-state index contributed by atoms with van der Waals surface area (Å²) in [5.41, 5.74) is 2.71. The summed E-state index contributed by atoms with van der Waals surface area (Å²) in [4.78, 5) is 23.0. The molecule has 0 atom stereocenters. The molecule has 3 aromatic rings. The average Bonchev–Trinajstić information content (AvgIpc) is 2.89. The number of aromatic amines is 1. The molecular weight excluding hydrogens is 278 g/mol. The lowest BCUT2D eigenvalue weighted by molar-refractivity contribution is 0.0601. The molecule has 100 valence electrons. The molecule has 1 aromatic carbocycles. The minimum absolute atomic E-state index is 0.366. The molecule has 0 aliphatic rings. The minimum atomic E-state index is -0.366. The highest BCUT2D eigenvalue weighted by Gasteiger charge is 2.09. The lowest BCUT2D eigenvalue weighted by Crippen LogP contribution is -2.00. The molecule has 0 spiro atoms. The smallest absolute Gasteiger partial charge is 0.337 e. The minimum Gasteiger partial charge on any atom is -0.465 e. The van der Waals surface area contributed by atoms with Gasteiger partial charge in [-0.1, -0.05) is 23.7 Å². The van der Waals surface area contributed by atoms with Crippen molar-refractivity contribution in [3.8, 4) is 11.4 Å². The fraction of sp³-hybridized carbons (Fsp3) is 0.0714. The molecule has 0 fully saturated rings. The number of nitrogens with one attached hydrogen (secondary N) is 1. The van der Waals surface area contributed by atoms with E-state index in [1.807, 2.05) is 0 Å². The molecule has 3 rings (SSSR count). The molecule has 0 unspecified atom stereocenters. The Balaban J connectivity index is 2.00. The Bertz CT molecular complexity index is 781. The molecule has 5 nitrogen and oxygen atoms in total. The number of H-pyrrole nitrogens is 1. The zero-order chi connectivity index (χ0) is 14.1. The number of rotatable bonds is 2. The SMILES string of the molecule is COC(=O)c1ccc(-c2nc3ncc(Cl)cc3[nH]2)cc1. The Morgan fingerprint density at radius 1 is 1.30 bits per heavy atom. The van der Waals surface area contributed by atoms with Crippen LogP contribution in [0.5, 0.6) is 0 Å². The van der Waals surface area contributed by atoms with Gasteiger partial charge in [0.15, 0.2) is 5.65 Å².